The van der Waals surface area contributed by atoms with E-state index in [2.05, 4.69) is 15.1 Å². The highest BCUT2D eigenvalue weighted by atomic mass is 35.5. The van der Waals surface area contributed by atoms with Crippen LogP contribution in [0.4, 0.5) is 13.2 Å². The second-order valence-electron chi connectivity index (χ2n) is 4.00. The second kappa shape index (κ2) is 4.45. The molecule has 0 spiro atoms. The van der Waals surface area contributed by atoms with E-state index in [1.807, 2.05) is 0 Å². The van der Waals surface area contributed by atoms with E-state index in [9.17, 15) is 13.2 Å². The molecular weight excluding hydrogens is 293 g/mol. The average molecular weight is 299 g/mol. The minimum atomic E-state index is -4.54. The van der Waals surface area contributed by atoms with Gasteiger partial charge in [0.2, 0.25) is 0 Å². The van der Waals surface area contributed by atoms with Crippen LogP contribution in [0.25, 0.3) is 17.0 Å². The molecule has 3 rings (SSSR count). The number of benzene rings is 1. The van der Waals surface area contributed by atoms with Crippen molar-refractivity contribution in [3.05, 3.63) is 47.4 Å². The first-order valence-electron chi connectivity index (χ1n) is 5.49. The number of hydrogen-bond donors (Lipinski definition) is 0. The first kappa shape index (κ1) is 12.9. The van der Waals surface area contributed by atoms with Crippen molar-refractivity contribution in [1.82, 2.24) is 19.6 Å². The third kappa shape index (κ3) is 2.20. The summed E-state index contributed by atoms with van der Waals surface area (Å²) >= 11 is 5.88. The van der Waals surface area contributed by atoms with Crippen molar-refractivity contribution in [1.29, 1.82) is 0 Å². The molecule has 3 aromatic rings. The van der Waals surface area contributed by atoms with Gasteiger partial charge in [0.05, 0.1) is 18.1 Å². The summed E-state index contributed by atoms with van der Waals surface area (Å²) in [4.78, 5) is 7.29. The molecule has 1 aromatic carbocycles. The van der Waals surface area contributed by atoms with Crippen LogP contribution in [0.5, 0.6) is 0 Å². The highest BCUT2D eigenvalue weighted by Gasteiger charge is 2.33. The molecule has 4 nitrogen and oxygen atoms in total. The van der Waals surface area contributed by atoms with Gasteiger partial charge in [0.25, 0.3) is 5.78 Å². The fraction of sp³-hybridized carbons (Fsp3) is 0.0833. The quantitative estimate of drug-likeness (QED) is 0.691. The van der Waals surface area contributed by atoms with Gasteiger partial charge < -0.3 is 0 Å². The molecule has 0 unspecified atom stereocenters. The first-order valence-corrected chi connectivity index (χ1v) is 5.87. The molecule has 102 valence electrons. The lowest BCUT2D eigenvalue weighted by Crippen LogP contribution is -2.11. The molecule has 0 aliphatic heterocycles. The van der Waals surface area contributed by atoms with E-state index in [1.54, 1.807) is 24.3 Å². The summed E-state index contributed by atoms with van der Waals surface area (Å²) in [6.45, 7) is 0. The molecule has 0 aliphatic carbocycles. The lowest BCUT2D eigenvalue weighted by atomic mass is 10.2. The Morgan fingerprint density at radius 1 is 1.15 bits per heavy atom. The molecule has 0 aliphatic rings. The minimum absolute atomic E-state index is 0.116. The molecular formula is C12H6ClF3N4. The summed E-state index contributed by atoms with van der Waals surface area (Å²) in [6, 6.07) is 6.86. The molecule has 2 heterocycles. The van der Waals surface area contributed by atoms with Gasteiger partial charge in [0.1, 0.15) is 0 Å². The first-order chi connectivity index (χ1) is 9.45. The monoisotopic (exact) mass is 298 g/mol. The van der Waals surface area contributed by atoms with Crippen molar-refractivity contribution in [2.24, 2.45) is 0 Å². The van der Waals surface area contributed by atoms with Gasteiger partial charge in [-0.25, -0.2) is 9.97 Å². The van der Waals surface area contributed by atoms with Gasteiger partial charge in [-0.1, -0.05) is 23.7 Å². The normalized spacial score (nSPS) is 12.0. The summed E-state index contributed by atoms with van der Waals surface area (Å²) < 4.78 is 38.9. The van der Waals surface area contributed by atoms with E-state index in [-0.39, 0.29) is 5.78 Å². The van der Waals surface area contributed by atoms with E-state index in [1.165, 1.54) is 10.7 Å². The number of halogens is 4. The number of nitrogens with zero attached hydrogens (tertiary/aromatic N) is 4. The average Bonchev–Trinajstić information content (AvgIpc) is 2.80. The maximum atomic E-state index is 12.5. The molecule has 0 saturated carbocycles. The molecule has 2 aromatic heterocycles. The number of fused-ring (bicyclic) bond motifs is 1. The molecule has 0 atom stereocenters. The number of alkyl halides is 3. The number of imidazole rings is 1. The smallest absolute Gasteiger partial charge is 0.217 e. The molecule has 20 heavy (non-hydrogen) atoms. The summed E-state index contributed by atoms with van der Waals surface area (Å²) in [5, 5.41) is 4.25. The van der Waals surface area contributed by atoms with Crippen molar-refractivity contribution >= 4 is 17.4 Å². The van der Waals surface area contributed by atoms with Crippen molar-refractivity contribution in [2.45, 2.75) is 6.18 Å². The highest BCUT2D eigenvalue weighted by Crippen LogP contribution is 2.28. The van der Waals surface area contributed by atoms with Gasteiger partial charge in [0, 0.05) is 10.6 Å². The Hall–Kier alpha value is -2.15. The zero-order valence-electron chi connectivity index (χ0n) is 9.76. The van der Waals surface area contributed by atoms with Gasteiger partial charge in [0.15, 0.2) is 5.69 Å². The maximum Gasteiger partial charge on any atom is 0.435 e. The Bertz CT molecular complexity index is 782. The minimum Gasteiger partial charge on any atom is -0.217 e. The summed E-state index contributed by atoms with van der Waals surface area (Å²) in [7, 11) is 0. The van der Waals surface area contributed by atoms with E-state index in [4.69, 9.17) is 11.6 Å². The molecule has 8 heteroatoms. The zero-order valence-corrected chi connectivity index (χ0v) is 10.5. The summed E-state index contributed by atoms with van der Waals surface area (Å²) in [5.41, 5.74) is 0.135. The SMILES string of the molecule is FC(F)(F)c1cnn2c(-c3cccc(Cl)c3)cnc2n1. The lowest BCUT2D eigenvalue weighted by Gasteiger charge is -2.05. The van der Waals surface area contributed by atoms with Crippen molar-refractivity contribution in [3.8, 4) is 11.3 Å². The zero-order chi connectivity index (χ0) is 14.3. The van der Waals surface area contributed by atoms with Crippen LogP contribution in [0.2, 0.25) is 5.02 Å². The van der Waals surface area contributed by atoms with Crippen molar-refractivity contribution < 1.29 is 13.2 Å². The predicted octanol–water partition coefficient (Wildman–Crippen LogP) is 3.46. The standard InChI is InChI=1S/C12H6ClF3N4/c13-8-3-1-2-7(4-8)9-5-17-11-19-10(12(14,15)16)6-18-20(9)11/h1-6H. The van der Waals surface area contributed by atoms with Crippen LogP contribution >= 0.6 is 11.6 Å². The Labute approximate surface area is 115 Å². The molecule has 0 radical (unpaired) electrons. The van der Waals surface area contributed by atoms with Gasteiger partial charge in [-0.3, -0.25) is 0 Å². The third-order valence-electron chi connectivity index (χ3n) is 2.65. The largest absolute Gasteiger partial charge is 0.435 e. The van der Waals surface area contributed by atoms with E-state index in [0.717, 1.165) is 0 Å². The van der Waals surface area contributed by atoms with E-state index in [0.29, 0.717) is 22.5 Å². The maximum absolute atomic E-state index is 12.5. The third-order valence-corrected chi connectivity index (χ3v) is 2.88. The van der Waals surface area contributed by atoms with Gasteiger partial charge in [-0.15, -0.1) is 0 Å². The number of rotatable bonds is 1. The highest BCUT2D eigenvalue weighted by molar-refractivity contribution is 6.30. The number of aromatic nitrogens is 4. The van der Waals surface area contributed by atoms with Crippen LogP contribution in [0.15, 0.2) is 36.7 Å². The molecule has 0 N–H and O–H groups in total. The predicted molar refractivity (Wildman–Crippen MR) is 66.2 cm³/mol. The second-order valence-corrected chi connectivity index (χ2v) is 4.44. The topological polar surface area (TPSA) is 43.1 Å². The van der Waals surface area contributed by atoms with Crippen LogP contribution in [-0.4, -0.2) is 19.6 Å². The fourth-order valence-corrected chi connectivity index (χ4v) is 1.95. The molecule has 0 bridgehead atoms. The summed E-state index contributed by atoms with van der Waals surface area (Å²) in [5.74, 6) is -0.116. The Morgan fingerprint density at radius 2 is 1.95 bits per heavy atom. The molecule has 0 fully saturated rings. The van der Waals surface area contributed by atoms with E-state index >= 15 is 0 Å². The Kier molecular flexibility index (Phi) is 2.86. The fourth-order valence-electron chi connectivity index (χ4n) is 1.76. The van der Waals surface area contributed by atoms with E-state index < -0.39 is 11.9 Å². The van der Waals surface area contributed by atoms with Gasteiger partial charge in [-0.05, 0) is 12.1 Å². The van der Waals surface area contributed by atoms with Gasteiger partial charge in [-0.2, -0.15) is 22.8 Å². The lowest BCUT2D eigenvalue weighted by molar-refractivity contribution is -0.141. The van der Waals surface area contributed by atoms with Crippen LogP contribution in [0.3, 0.4) is 0 Å². The molecule has 0 saturated heterocycles. The van der Waals surface area contributed by atoms with Gasteiger partial charge >= 0.3 is 6.18 Å². The van der Waals surface area contributed by atoms with Crippen LogP contribution in [-0.2, 0) is 6.18 Å². The van der Waals surface area contributed by atoms with Crippen LogP contribution in [0.1, 0.15) is 5.69 Å². The Morgan fingerprint density at radius 3 is 2.65 bits per heavy atom. The number of hydrogen-bond acceptors (Lipinski definition) is 3. The Balaban J connectivity index is 2.15. The summed E-state index contributed by atoms with van der Waals surface area (Å²) in [6.07, 6.45) is -2.47. The van der Waals surface area contributed by atoms with Crippen molar-refractivity contribution in [2.75, 3.05) is 0 Å². The van der Waals surface area contributed by atoms with Crippen molar-refractivity contribution in [3.63, 3.8) is 0 Å². The van der Waals surface area contributed by atoms with Crippen LogP contribution in [0, 0.1) is 0 Å². The van der Waals surface area contributed by atoms with Crippen LogP contribution < -0.4 is 0 Å². The molecule has 0 amide bonds.